The Morgan fingerprint density at radius 1 is 1.41 bits per heavy atom. The van der Waals surface area contributed by atoms with Crippen molar-refractivity contribution in [2.45, 2.75) is 0 Å². The Hall–Kier alpha value is -0.790. The molecule has 1 aromatic rings. The third kappa shape index (κ3) is 3.34. The van der Waals surface area contributed by atoms with Gasteiger partial charge >= 0.3 is 0 Å². The Morgan fingerprint density at radius 3 is 2.71 bits per heavy atom. The Morgan fingerprint density at radius 2 is 2.12 bits per heavy atom. The predicted octanol–water partition coefficient (Wildman–Crippen LogP) is 0.647. The Kier molecular flexibility index (Phi) is 4.25. The van der Waals surface area contributed by atoms with E-state index in [-0.39, 0.29) is 0 Å². The van der Waals surface area contributed by atoms with Gasteiger partial charge in [0.25, 0.3) is 0 Å². The normalized spacial score (nSPS) is 17.1. The summed E-state index contributed by atoms with van der Waals surface area (Å²) >= 11 is 8.38. The number of hydrogen-bond donors (Lipinski definition) is 1. The van der Waals surface area contributed by atoms with Crippen molar-refractivity contribution in [1.29, 1.82) is 0 Å². The van der Waals surface area contributed by atoms with Crippen LogP contribution in [0.15, 0.2) is 17.0 Å². The van der Waals surface area contributed by atoms with Crippen LogP contribution in [0.5, 0.6) is 0 Å². The lowest BCUT2D eigenvalue weighted by atomic mass is 10.3. The highest BCUT2D eigenvalue weighted by molar-refractivity contribution is 9.10. The second-order valence-electron chi connectivity index (χ2n) is 3.92. The molecule has 0 unspecified atom stereocenters. The first-order valence-electron chi connectivity index (χ1n) is 5.38. The van der Waals surface area contributed by atoms with Gasteiger partial charge in [-0.1, -0.05) is 12.2 Å². The smallest absolute Gasteiger partial charge is 0.146 e. The van der Waals surface area contributed by atoms with Gasteiger partial charge in [0.05, 0.1) is 9.46 Å². The van der Waals surface area contributed by atoms with Gasteiger partial charge in [-0.05, 0) is 15.9 Å². The zero-order chi connectivity index (χ0) is 12.3. The topological polar surface area (TPSA) is 58.3 Å². The third-order valence-electron chi connectivity index (χ3n) is 2.70. The SMILES string of the molecule is NC(=S)CN1CCN(c2ncncc2Br)CC1. The lowest BCUT2D eigenvalue weighted by Crippen LogP contribution is -2.49. The van der Waals surface area contributed by atoms with Crippen molar-refractivity contribution in [3.63, 3.8) is 0 Å². The summed E-state index contributed by atoms with van der Waals surface area (Å²) < 4.78 is 0.933. The number of nitrogens with zero attached hydrogens (tertiary/aromatic N) is 4. The van der Waals surface area contributed by atoms with Crippen LogP contribution in [0.1, 0.15) is 0 Å². The molecule has 0 spiro atoms. The predicted molar refractivity (Wildman–Crippen MR) is 75.2 cm³/mol. The number of rotatable bonds is 3. The maximum absolute atomic E-state index is 5.54. The molecule has 1 aromatic heterocycles. The highest BCUT2D eigenvalue weighted by Crippen LogP contribution is 2.22. The van der Waals surface area contributed by atoms with Crippen molar-refractivity contribution in [3.8, 4) is 0 Å². The van der Waals surface area contributed by atoms with Gasteiger partial charge in [0, 0.05) is 38.9 Å². The number of halogens is 1. The van der Waals surface area contributed by atoms with Gasteiger partial charge < -0.3 is 10.6 Å². The van der Waals surface area contributed by atoms with Crippen LogP contribution >= 0.6 is 28.1 Å². The molecule has 1 aliphatic heterocycles. The molecule has 0 atom stereocenters. The number of thiocarbonyl (C=S) groups is 1. The minimum atomic E-state index is 0.557. The van der Waals surface area contributed by atoms with E-state index >= 15 is 0 Å². The molecule has 2 heterocycles. The first-order valence-corrected chi connectivity index (χ1v) is 6.58. The fourth-order valence-electron chi connectivity index (χ4n) is 1.88. The van der Waals surface area contributed by atoms with Crippen molar-refractivity contribution in [2.24, 2.45) is 5.73 Å². The van der Waals surface area contributed by atoms with Gasteiger partial charge in [0.2, 0.25) is 0 Å². The summed E-state index contributed by atoms with van der Waals surface area (Å²) in [7, 11) is 0. The van der Waals surface area contributed by atoms with Crippen LogP contribution in [-0.4, -0.2) is 52.6 Å². The van der Waals surface area contributed by atoms with E-state index in [1.54, 1.807) is 12.5 Å². The highest BCUT2D eigenvalue weighted by atomic mass is 79.9. The van der Waals surface area contributed by atoms with E-state index in [9.17, 15) is 0 Å². The van der Waals surface area contributed by atoms with Crippen LogP contribution in [0.2, 0.25) is 0 Å². The van der Waals surface area contributed by atoms with Crippen LogP contribution in [0, 0.1) is 0 Å². The Labute approximate surface area is 114 Å². The van der Waals surface area contributed by atoms with Gasteiger partial charge in [-0.3, -0.25) is 4.90 Å². The minimum Gasteiger partial charge on any atom is -0.392 e. The van der Waals surface area contributed by atoms with Gasteiger partial charge in [0.1, 0.15) is 12.1 Å². The molecule has 1 aliphatic rings. The summed E-state index contributed by atoms with van der Waals surface area (Å²) in [6.07, 6.45) is 3.34. The Bertz CT molecular complexity index is 405. The van der Waals surface area contributed by atoms with Gasteiger partial charge in [0.15, 0.2) is 0 Å². The maximum atomic E-state index is 5.54. The second-order valence-corrected chi connectivity index (χ2v) is 5.30. The zero-order valence-electron chi connectivity index (χ0n) is 9.34. The second kappa shape index (κ2) is 5.70. The Balaban J connectivity index is 1.95. The summed E-state index contributed by atoms with van der Waals surface area (Å²) in [5.41, 5.74) is 5.54. The van der Waals surface area contributed by atoms with Gasteiger partial charge in [-0.25, -0.2) is 9.97 Å². The zero-order valence-corrected chi connectivity index (χ0v) is 11.7. The summed E-state index contributed by atoms with van der Waals surface area (Å²) in [4.78, 5) is 13.3. The van der Waals surface area contributed by atoms with E-state index in [2.05, 4.69) is 35.7 Å². The van der Waals surface area contributed by atoms with Crippen LogP contribution in [0.4, 0.5) is 5.82 Å². The quantitative estimate of drug-likeness (QED) is 0.826. The summed E-state index contributed by atoms with van der Waals surface area (Å²) in [5, 5.41) is 0. The van der Waals surface area contributed by atoms with Crippen molar-refractivity contribution < 1.29 is 0 Å². The largest absolute Gasteiger partial charge is 0.392 e. The first kappa shape index (κ1) is 12.7. The van der Waals surface area contributed by atoms with E-state index in [0.29, 0.717) is 11.5 Å². The van der Waals surface area contributed by atoms with E-state index in [1.807, 2.05) is 0 Å². The van der Waals surface area contributed by atoms with Crippen molar-refractivity contribution in [1.82, 2.24) is 14.9 Å². The molecule has 2 rings (SSSR count). The molecule has 0 bridgehead atoms. The lowest BCUT2D eigenvalue weighted by molar-refractivity contribution is 0.291. The van der Waals surface area contributed by atoms with Crippen molar-refractivity contribution in [3.05, 3.63) is 17.0 Å². The van der Waals surface area contributed by atoms with Gasteiger partial charge in [-0.2, -0.15) is 0 Å². The lowest BCUT2D eigenvalue weighted by Gasteiger charge is -2.35. The van der Waals surface area contributed by atoms with Crippen molar-refractivity contribution >= 4 is 39.0 Å². The first-order chi connectivity index (χ1) is 8.16. The molecular weight excluding hydrogens is 302 g/mol. The highest BCUT2D eigenvalue weighted by Gasteiger charge is 2.19. The molecule has 92 valence electrons. The standard InChI is InChI=1S/C10H14BrN5S/c11-8-5-13-7-14-10(8)16-3-1-15(2-4-16)6-9(12)17/h5,7H,1-4,6H2,(H2,12,17). The maximum Gasteiger partial charge on any atom is 0.146 e. The fraction of sp³-hybridized carbons (Fsp3) is 0.500. The molecule has 0 saturated carbocycles. The van der Waals surface area contributed by atoms with Crippen LogP contribution in [0.3, 0.4) is 0 Å². The molecule has 0 radical (unpaired) electrons. The van der Waals surface area contributed by atoms with Gasteiger partial charge in [-0.15, -0.1) is 0 Å². The van der Waals surface area contributed by atoms with E-state index < -0.39 is 0 Å². The number of piperazine rings is 1. The number of anilines is 1. The summed E-state index contributed by atoms with van der Waals surface area (Å²) in [6, 6.07) is 0. The van der Waals surface area contributed by atoms with E-state index in [4.69, 9.17) is 18.0 Å². The van der Waals surface area contributed by atoms with Crippen molar-refractivity contribution in [2.75, 3.05) is 37.6 Å². The summed E-state index contributed by atoms with van der Waals surface area (Å²) in [6.45, 7) is 4.46. The number of hydrogen-bond acceptors (Lipinski definition) is 5. The average molecular weight is 316 g/mol. The molecule has 5 nitrogen and oxygen atoms in total. The molecular formula is C10H14BrN5S. The fourth-order valence-corrected chi connectivity index (χ4v) is 2.53. The van der Waals surface area contributed by atoms with Crippen LogP contribution in [-0.2, 0) is 0 Å². The molecule has 0 amide bonds. The molecule has 7 heteroatoms. The van der Waals surface area contributed by atoms with Crippen LogP contribution < -0.4 is 10.6 Å². The van der Waals surface area contributed by atoms with E-state index in [0.717, 1.165) is 36.5 Å². The molecule has 0 aliphatic carbocycles. The van der Waals surface area contributed by atoms with E-state index in [1.165, 1.54) is 0 Å². The molecule has 0 aromatic carbocycles. The van der Waals surface area contributed by atoms with Crippen LogP contribution in [0.25, 0.3) is 0 Å². The molecule has 17 heavy (non-hydrogen) atoms. The number of nitrogens with two attached hydrogens (primary N) is 1. The average Bonchev–Trinajstić information content (AvgIpc) is 2.30. The molecule has 2 N–H and O–H groups in total. The summed E-state index contributed by atoms with van der Waals surface area (Å²) in [5.74, 6) is 0.954. The number of aromatic nitrogens is 2. The molecule has 1 fully saturated rings. The molecule has 1 saturated heterocycles. The third-order valence-corrected chi connectivity index (χ3v) is 3.39. The monoisotopic (exact) mass is 315 g/mol. The minimum absolute atomic E-state index is 0.557.